The maximum absolute atomic E-state index is 10.9. The minimum Gasteiger partial charge on any atom is -0.355 e. The van der Waals surface area contributed by atoms with Gasteiger partial charge in [-0.05, 0) is 12.8 Å². The first-order valence-corrected chi connectivity index (χ1v) is 8.52. The quantitative estimate of drug-likeness (QED) is 0.594. The molecular weight excluding hydrogens is 318 g/mol. The van der Waals surface area contributed by atoms with Gasteiger partial charge in [-0.25, -0.2) is 19.6 Å². The molecule has 2 N–H and O–H groups in total. The van der Waals surface area contributed by atoms with E-state index in [-0.39, 0.29) is 6.04 Å². The van der Waals surface area contributed by atoms with Crippen molar-refractivity contribution in [2.45, 2.75) is 18.9 Å². The van der Waals surface area contributed by atoms with Crippen LogP contribution in [0, 0.1) is 5.41 Å². The van der Waals surface area contributed by atoms with Crippen LogP contribution in [0.5, 0.6) is 0 Å². The summed E-state index contributed by atoms with van der Waals surface area (Å²) in [4.78, 5) is 10.9. The lowest BCUT2D eigenvalue weighted by Crippen LogP contribution is -2.67. The van der Waals surface area contributed by atoms with Gasteiger partial charge < -0.3 is 4.90 Å². The fourth-order valence-corrected chi connectivity index (χ4v) is 3.99. The number of nitrogens with zero attached hydrogens (tertiary/aromatic N) is 6. The van der Waals surface area contributed by atoms with Crippen LogP contribution in [0.4, 0.5) is 5.82 Å². The predicted molar refractivity (Wildman–Crippen MR) is 85.6 cm³/mol. The molecular formula is C13H19N7O2S. The maximum atomic E-state index is 10.9. The zero-order chi connectivity index (χ0) is 16.2. The van der Waals surface area contributed by atoms with E-state index in [0.29, 0.717) is 5.41 Å². The molecule has 0 amide bonds. The largest absolute Gasteiger partial charge is 0.355 e. The van der Waals surface area contributed by atoms with Gasteiger partial charge >= 0.3 is 0 Å². The number of hydrogen-bond acceptors (Lipinski definition) is 6. The van der Waals surface area contributed by atoms with E-state index in [2.05, 4.69) is 25.4 Å². The zero-order valence-corrected chi connectivity index (χ0v) is 13.8. The van der Waals surface area contributed by atoms with Crippen molar-refractivity contribution in [3.8, 4) is 0 Å². The van der Waals surface area contributed by atoms with Crippen LogP contribution in [-0.4, -0.2) is 59.1 Å². The van der Waals surface area contributed by atoms with Crippen LogP contribution < -0.4 is 10.3 Å². The highest BCUT2D eigenvalue weighted by Gasteiger charge is 2.53. The number of hydrogen-bond donors (Lipinski definition) is 2. The standard InChI is InChI=1S/C13H19N7O2S/c1-18-11-10(5-16-18)12(15-8-14-11)20-6-13(7-20)3-9(4-13)17-19(2)23(21)22/h5,8-9,17H,3-4,6-7H2,1-2H3,(H,21,22). The molecule has 1 atom stereocenters. The van der Waals surface area contributed by atoms with E-state index in [1.165, 1.54) is 4.41 Å². The van der Waals surface area contributed by atoms with Gasteiger partial charge in [0, 0.05) is 38.6 Å². The molecule has 23 heavy (non-hydrogen) atoms. The molecule has 1 aliphatic carbocycles. The van der Waals surface area contributed by atoms with Crippen molar-refractivity contribution < 1.29 is 8.76 Å². The molecule has 9 nitrogen and oxygen atoms in total. The number of aryl methyl sites for hydroxylation is 1. The van der Waals surface area contributed by atoms with Crippen molar-refractivity contribution in [2.24, 2.45) is 12.5 Å². The van der Waals surface area contributed by atoms with E-state index >= 15 is 0 Å². The van der Waals surface area contributed by atoms with Gasteiger partial charge in [-0.1, -0.05) is 0 Å². The molecule has 1 saturated carbocycles. The second kappa shape index (κ2) is 5.20. The molecule has 2 aliphatic rings. The van der Waals surface area contributed by atoms with Gasteiger partial charge in [-0.2, -0.15) is 5.10 Å². The van der Waals surface area contributed by atoms with Crippen LogP contribution in [0.3, 0.4) is 0 Å². The third-order valence-electron chi connectivity index (χ3n) is 4.82. The van der Waals surface area contributed by atoms with E-state index < -0.39 is 11.3 Å². The van der Waals surface area contributed by atoms with Crippen molar-refractivity contribution >= 4 is 28.1 Å². The lowest BCUT2D eigenvalue weighted by molar-refractivity contribution is 0.0278. The molecule has 2 aromatic rings. The average molecular weight is 337 g/mol. The highest BCUT2D eigenvalue weighted by molar-refractivity contribution is 7.76. The lowest BCUT2D eigenvalue weighted by Gasteiger charge is -2.59. The first-order chi connectivity index (χ1) is 11.0. The summed E-state index contributed by atoms with van der Waals surface area (Å²) < 4.78 is 22.9. The van der Waals surface area contributed by atoms with Crippen LogP contribution >= 0.6 is 0 Å². The molecule has 3 heterocycles. The summed E-state index contributed by atoms with van der Waals surface area (Å²) in [5.41, 5.74) is 4.20. The highest BCUT2D eigenvalue weighted by atomic mass is 32.2. The Morgan fingerprint density at radius 3 is 2.87 bits per heavy atom. The van der Waals surface area contributed by atoms with E-state index in [1.807, 2.05) is 13.2 Å². The SMILES string of the molecule is CN(NC1CC2(C1)CN(c1ncnc3c1cnn3C)C2)S(=O)O. The second-order valence-electron chi connectivity index (χ2n) is 6.52. The number of hydrazine groups is 1. The molecule has 1 aliphatic heterocycles. The second-order valence-corrected chi connectivity index (χ2v) is 7.53. The van der Waals surface area contributed by atoms with E-state index in [9.17, 15) is 4.21 Å². The molecule has 1 saturated heterocycles. The summed E-state index contributed by atoms with van der Waals surface area (Å²) in [6, 6.07) is 0.266. The first-order valence-electron chi connectivity index (χ1n) is 7.46. The lowest BCUT2D eigenvalue weighted by atomic mass is 9.61. The van der Waals surface area contributed by atoms with Gasteiger partial charge in [-0.15, -0.1) is 4.41 Å². The molecule has 124 valence electrons. The molecule has 0 radical (unpaired) electrons. The monoisotopic (exact) mass is 337 g/mol. The summed E-state index contributed by atoms with van der Waals surface area (Å²) >= 11 is -1.97. The van der Waals surface area contributed by atoms with Crippen molar-refractivity contribution in [1.29, 1.82) is 0 Å². The predicted octanol–water partition coefficient (Wildman–Crippen LogP) is -0.0948. The third kappa shape index (κ3) is 2.42. The third-order valence-corrected chi connectivity index (χ3v) is 5.39. The van der Waals surface area contributed by atoms with Crippen LogP contribution in [0.25, 0.3) is 11.0 Å². The van der Waals surface area contributed by atoms with Gasteiger partial charge in [0.25, 0.3) is 0 Å². The Bertz CT molecular complexity index is 765. The molecule has 0 bridgehead atoms. The normalized spacial score (nSPS) is 21.7. The molecule has 1 unspecified atom stereocenters. The zero-order valence-electron chi connectivity index (χ0n) is 13.0. The minimum atomic E-state index is -1.97. The molecule has 2 fully saturated rings. The summed E-state index contributed by atoms with van der Waals surface area (Å²) in [5, 5.41) is 5.23. The Balaban J connectivity index is 1.40. The van der Waals surface area contributed by atoms with Gasteiger partial charge in [-0.3, -0.25) is 9.23 Å². The molecule has 1 spiro atoms. The molecule has 10 heteroatoms. The fourth-order valence-electron chi connectivity index (χ4n) is 3.75. The summed E-state index contributed by atoms with van der Waals surface area (Å²) in [6.45, 7) is 1.91. The van der Waals surface area contributed by atoms with Gasteiger partial charge in [0.05, 0.1) is 11.6 Å². The fraction of sp³-hybridized carbons (Fsp3) is 0.615. The molecule has 2 aromatic heterocycles. The van der Waals surface area contributed by atoms with Gasteiger partial charge in [0.1, 0.15) is 12.1 Å². The molecule has 0 aromatic carbocycles. The summed E-state index contributed by atoms with van der Waals surface area (Å²) in [5.74, 6) is 0.943. The highest BCUT2D eigenvalue weighted by Crippen LogP contribution is 2.50. The number of anilines is 1. The summed E-state index contributed by atoms with van der Waals surface area (Å²) in [6.07, 6.45) is 5.41. The Hall–Kier alpha value is -1.62. The Morgan fingerprint density at radius 2 is 2.17 bits per heavy atom. The van der Waals surface area contributed by atoms with Crippen molar-refractivity contribution in [2.75, 3.05) is 25.0 Å². The van der Waals surface area contributed by atoms with Crippen LogP contribution in [0.2, 0.25) is 0 Å². The molecule has 4 rings (SSSR count). The van der Waals surface area contributed by atoms with Gasteiger partial charge in [0.2, 0.25) is 11.3 Å². The smallest absolute Gasteiger partial charge is 0.248 e. The Labute approximate surface area is 136 Å². The minimum absolute atomic E-state index is 0.266. The number of aromatic nitrogens is 4. The maximum Gasteiger partial charge on any atom is 0.248 e. The van der Waals surface area contributed by atoms with Crippen molar-refractivity contribution in [1.82, 2.24) is 29.6 Å². The number of fused-ring (bicyclic) bond motifs is 1. The van der Waals surface area contributed by atoms with Crippen molar-refractivity contribution in [3.63, 3.8) is 0 Å². The van der Waals surface area contributed by atoms with Crippen molar-refractivity contribution in [3.05, 3.63) is 12.5 Å². The average Bonchev–Trinajstić information content (AvgIpc) is 2.82. The van der Waals surface area contributed by atoms with Crippen LogP contribution in [0.15, 0.2) is 12.5 Å². The number of nitrogens with one attached hydrogen (secondary N) is 1. The topological polar surface area (TPSA) is 99.4 Å². The van der Waals surface area contributed by atoms with Crippen LogP contribution in [-0.2, 0) is 18.3 Å². The van der Waals surface area contributed by atoms with Crippen LogP contribution in [0.1, 0.15) is 12.8 Å². The van der Waals surface area contributed by atoms with E-state index in [1.54, 1.807) is 18.1 Å². The Kier molecular flexibility index (Phi) is 3.38. The first kappa shape index (κ1) is 14.9. The van der Waals surface area contributed by atoms with E-state index in [4.69, 9.17) is 4.55 Å². The van der Waals surface area contributed by atoms with E-state index in [0.717, 1.165) is 42.8 Å². The van der Waals surface area contributed by atoms with Gasteiger partial charge in [0.15, 0.2) is 5.65 Å². The summed E-state index contributed by atoms with van der Waals surface area (Å²) in [7, 11) is 3.45. The Morgan fingerprint density at radius 1 is 1.43 bits per heavy atom. The number of rotatable bonds is 4.